The molecule has 1 aromatic rings. The summed E-state index contributed by atoms with van der Waals surface area (Å²) in [5.74, 6) is -0.0925. The average Bonchev–Trinajstić information content (AvgIpc) is 2.88. The van der Waals surface area contributed by atoms with Crippen molar-refractivity contribution in [2.75, 3.05) is 18.0 Å². The van der Waals surface area contributed by atoms with E-state index in [1.54, 1.807) is 0 Å². The van der Waals surface area contributed by atoms with E-state index in [9.17, 15) is 4.79 Å². The van der Waals surface area contributed by atoms with Gasteiger partial charge in [-0.05, 0) is 47.0 Å². The maximum atomic E-state index is 12.0. The molecule has 1 saturated heterocycles. The molecule has 1 atom stereocenters. The van der Waals surface area contributed by atoms with Gasteiger partial charge >= 0.3 is 0 Å². The number of hydrogen-bond donors (Lipinski definition) is 1. The van der Waals surface area contributed by atoms with Gasteiger partial charge in [-0.15, -0.1) is 0 Å². The van der Waals surface area contributed by atoms with Gasteiger partial charge in [-0.3, -0.25) is 4.79 Å². The van der Waals surface area contributed by atoms with E-state index in [2.05, 4.69) is 21.2 Å². The van der Waals surface area contributed by atoms with E-state index in [1.807, 2.05) is 29.2 Å². The van der Waals surface area contributed by atoms with Gasteiger partial charge in [0.05, 0.1) is 11.1 Å². The van der Waals surface area contributed by atoms with Gasteiger partial charge in [0, 0.05) is 16.7 Å². The molecular formula is C13H13BrClN3O. The molecule has 19 heavy (non-hydrogen) atoms. The highest BCUT2D eigenvalue weighted by Gasteiger charge is 2.30. The van der Waals surface area contributed by atoms with Crippen LogP contribution in [0.2, 0.25) is 5.02 Å². The standard InChI is InChI=1S/C13H13BrClN3O/c14-10-8-9(3-4-11(10)15)18-7-1-2-12(18)13(19)17-6-5-16/h3-4,8,12H,1-2,6-7H2,(H,17,19)/t12-/m0/s1. The number of amides is 1. The Hall–Kier alpha value is -1.25. The number of nitrogens with zero attached hydrogens (tertiary/aromatic N) is 2. The molecule has 0 aliphatic carbocycles. The Labute approximate surface area is 125 Å². The molecule has 1 aliphatic heterocycles. The molecule has 0 saturated carbocycles. The van der Waals surface area contributed by atoms with Crippen LogP contribution in [0.5, 0.6) is 0 Å². The van der Waals surface area contributed by atoms with Crippen LogP contribution in [0.1, 0.15) is 12.8 Å². The van der Waals surface area contributed by atoms with Crippen molar-refractivity contribution in [3.05, 3.63) is 27.7 Å². The number of nitriles is 1. The van der Waals surface area contributed by atoms with Gasteiger partial charge in [-0.25, -0.2) is 0 Å². The van der Waals surface area contributed by atoms with Crippen molar-refractivity contribution in [2.45, 2.75) is 18.9 Å². The highest BCUT2D eigenvalue weighted by atomic mass is 79.9. The van der Waals surface area contributed by atoms with E-state index in [-0.39, 0.29) is 18.5 Å². The zero-order valence-electron chi connectivity index (χ0n) is 10.2. The predicted molar refractivity (Wildman–Crippen MR) is 78.1 cm³/mol. The quantitative estimate of drug-likeness (QED) is 0.859. The Balaban J connectivity index is 2.16. The zero-order chi connectivity index (χ0) is 13.8. The second-order valence-corrected chi connectivity index (χ2v) is 5.59. The van der Waals surface area contributed by atoms with E-state index >= 15 is 0 Å². The number of nitrogens with one attached hydrogen (secondary N) is 1. The van der Waals surface area contributed by atoms with E-state index in [4.69, 9.17) is 16.9 Å². The largest absolute Gasteiger partial charge is 0.359 e. The zero-order valence-corrected chi connectivity index (χ0v) is 12.5. The van der Waals surface area contributed by atoms with Crippen LogP contribution in [0.4, 0.5) is 5.69 Å². The van der Waals surface area contributed by atoms with Crippen molar-refractivity contribution in [1.29, 1.82) is 5.26 Å². The lowest BCUT2D eigenvalue weighted by atomic mass is 10.2. The maximum absolute atomic E-state index is 12.0. The minimum absolute atomic E-state index is 0.0491. The summed E-state index contributed by atoms with van der Waals surface area (Å²) in [6, 6.07) is 7.34. The monoisotopic (exact) mass is 341 g/mol. The van der Waals surface area contributed by atoms with Gasteiger partial charge in [0.15, 0.2) is 0 Å². The Morgan fingerprint density at radius 3 is 3.11 bits per heavy atom. The van der Waals surface area contributed by atoms with Gasteiger partial charge in [0.1, 0.15) is 12.6 Å². The molecule has 100 valence electrons. The second-order valence-electron chi connectivity index (χ2n) is 4.33. The molecule has 0 aromatic heterocycles. The number of carbonyl (C=O) groups is 1. The highest BCUT2D eigenvalue weighted by Crippen LogP contribution is 2.31. The van der Waals surface area contributed by atoms with Crippen LogP contribution in [0.3, 0.4) is 0 Å². The molecule has 1 aromatic carbocycles. The van der Waals surface area contributed by atoms with E-state index in [0.717, 1.165) is 29.5 Å². The van der Waals surface area contributed by atoms with Gasteiger partial charge in [-0.2, -0.15) is 5.26 Å². The second kappa shape index (κ2) is 6.27. The van der Waals surface area contributed by atoms with Crippen LogP contribution in [0.15, 0.2) is 22.7 Å². The van der Waals surface area contributed by atoms with Crippen molar-refractivity contribution in [1.82, 2.24) is 5.32 Å². The molecule has 1 fully saturated rings. The summed E-state index contributed by atoms with van der Waals surface area (Å²) < 4.78 is 0.815. The third-order valence-corrected chi connectivity index (χ3v) is 4.35. The van der Waals surface area contributed by atoms with Gasteiger partial charge in [0.25, 0.3) is 0 Å². The summed E-state index contributed by atoms with van der Waals surface area (Å²) in [7, 11) is 0. The summed E-state index contributed by atoms with van der Waals surface area (Å²) >= 11 is 9.36. The molecule has 1 aliphatic rings. The van der Waals surface area contributed by atoms with Gasteiger partial charge < -0.3 is 10.2 Å². The highest BCUT2D eigenvalue weighted by molar-refractivity contribution is 9.10. The van der Waals surface area contributed by atoms with E-state index < -0.39 is 0 Å². The summed E-state index contributed by atoms with van der Waals surface area (Å²) in [4.78, 5) is 14.0. The predicted octanol–water partition coefficient (Wildman–Crippen LogP) is 2.71. The Kier molecular flexibility index (Phi) is 4.67. The van der Waals surface area contributed by atoms with Crippen molar-refractivity contribution in [3.63, 3.8) is 0 Å². The van der Waals surface area contributed by atoms with Crippen molar-refractivity contribution >= 4 is 39.1 Å². The van der Waals surface area contributed by atoms with E-state index in [1.165, 1.54) is 0 Å². The lowest BCUT2D eigenvalue weighted by molar-refractivity contribution is -0.121. The first-order valence-electron chi connectivity index (χ1n) is 6.00. The normalized spacial score (nSPS) is 18.2. The summed E-state index contributed by atoms with van der Waals surface area (Å²) in [6.45, 7) is 0.881. The van der Waals surface area contributed by atoms with Crippen molar-refractivity contribution in [3.8, 4) is 6.07 Å². The van der Waals surface area contributed by atoms with Crippen LogP contribution in [-0.4, -0.2) is 25.0 Å². The average molecular weight is 343 g/mol. The van der Waals surface area contributed by atoms with Crippen LogP contribution < -0.4 is 10.2 Å². The van der Waals surface area contributed by atoms with Crippen LogP contribution in [0, 0.1) is 11.3 Å². The fourth-order valence-corrected chi connectivity index (χ4v) is 2.74. The number of halogens is 2. The molecule has 0 bridgehead atoms. The smallest absolute Gasteiger partial charge is 0.243 e. The minimum Gasteiger partial charge on any atom is -0.359 e. The number of anilines is 1. The van der Waals surface area contributed by atoms with Crippen LogP contribution >= 0.6 is 27.5 Å². The molecule has 0 spiro atoms. The molecular weight excluding hydrogens is 330 g/mol. The Morgan fingerprint density at radius 1 is 1.63 bits per heavy atom. The lowest BCUT2D eigenvalue weighted by Crippen LogP contribution is -2.43. The fourth-order valence-electron chi connectivity index (χ4n) is 2.26. The topological polar surface area (TPSA) is 56.1 Å². The third kappa shape index (κ3) is 3.20. The molecule has 0 unspecified atom stereocenters. The SMILES string of the molecule is N#CCNC(=O)[C@@H]1CCCN1c1ccc(Cl)c(Br)c1. The van der Waals surface area contributed by atoms with Crippen molar-refractivity contribution in [2.24, 2.45) is 0 Å². The number of rotatable bonds is 3. The summed E-state index contributed by atoms with van der Waals surface area (Å²) in [5.41, 5.74) is 0.964. The van der Waals surface area contributed by atoms with Gasteiger partial charge in [0.2, 0.25) is 5.91 Å². The summed E-state index contributed by atoms with van der Waals surface area (Å²) in [5, 5.41) is 11.8. The number of benzene rings is 1. The Morgan fingerprint density at radius 2 is 2.42 bits per heavy atom. The van der Waals surface area contributed by atoms with Crippen LogP contribution in [0.25, 0.3) is 0 Å². The molecule has 1 amide bonds. The summed E-state index contributed by atoms with van der Waals surface area (Å²) in [6.07, 6.45) is 1.77. The molecule has 6 heteroatoms. The molecule has 4 nitrogen and oxygen atoms in total. The molecule has 1 heterocycles. The fraction of sp³-hybridized carbons (Fsp3) is 0.385. The molecule has 0 radical (unpaired) electrons. The number of hydrogen-bond acceptors (Lipinski definition) is 3. The maximum Gasteiger partial charge on any atom is 0.243 e. The Bertz CT molecular complexity index is 529. The first-order chi connectivity index (χ1) is 9.13. The first-order valence-corrected chi connectivity index (χ1v) is 7.17. The number of carbonyl (C=O) groups excluding carboxylic acids is 1. The lowest BCUT2D eigenvalue weighted by Gasteiger charge is -2.26. The molecule has 1 N–H and O–H groups in total. The minimum atomic E-state index is -0.207. The van der Waals surface area contributed by atoms with E-state index in [0.29, 0.717) is 5.02 Å². The van der Waals surface area contributed by atoms with Gasteiger partial charge in [-0.1, -0.05) is 11.6 Å². The van der Waals surface area contributed by atoms with Crippen molar-refractivity contribution < 1.29 is 4.79 Å². The third-order valence-electron chi connectivity index (χ3n) is 3.13. The first kappa shape index (κ1) is 14.2. The van der Waals surface area contributed by atoms with Crippen LogP contribution in [-0.2, 0) is 4.79 Å². The molecule has 2 rings (SSSR count).